The van der Waals surface area contributed by atoms with Gasteiger partial charge in [0.25, 0.3) is 0 Å². The van der Waals surface area contributed by atoms with Gasteiger partial charge in [-0.3, -0.25) is 4.90 Å². The van der Waals surface area contributed by atoms with E-state index < -0.39 is 0 Å². The molecule has 0 aliphatic carbocycles. The van der Waals surface area contributed by atoms with E-state index in [0.29, 0.717) is 0 Å². The van der Waals surface area contributed by atoms with E-state index in [1.165, 1.54) is 57.7 Å². The van der Waals surface area contributed by atoms with E-state index in [1.807, 2.05) is 0 Å². The first kappa shape index (κ1) is 13.1. The average Bonchev–Trinajstić information content (AvgIpc) is 2.73. The molecule has 3 heteroatoms. The van der Waals surface area contributed by atoms with Gasteiger partial charge in [0.1, 0.15) is 0 Å². The van der Waals surface area contributed by atoms with Crippen LogP contribution in [-0.2, 0) is 13.0 Å². The third-order valence-corrected chi connectivity index (χ3v) is 4.37. The van der Waals surface area contributed by atoms with Gasteiger partial charge in [0.15, 0.2) is 0 Å². The topological polar surface area (TPSA) is 18.5 Å². The smallest absolute Gasteiger partial charge is 0.0237 e. The summed E-state index contributed by atoms with van der Waals surface area (Å²) in [5, 5.41) is 3.47. The second kappa shape index (κ2) is 6.51. The largest absolute Gasteiger partial charge is 0.315 e. The molecule has 0 bridgehead atoms. The summed E-state index contributed by atoms with van der Waals surface area (Å²) in [6, 6.07) is 8.91. The lowest BCUT2D eigenvalue weighted by Crippen LogP contribution is -2.39. The highest BCUT2D eigenvalue weighted by atomic mass is 15.2. The molecule has 0 saturated carbocycles. The lowest BCUT2D eigenvalue weighted by molar-refractivity contribution is 0.198. The third kappa shape index (κ3) is 3.56. The van der Waals surface area contributed by atoms with Gasteiger partial charge in [-0.15, -0.1) is 0 Å². The summed E-state index contributed by atoms with van der Waals surface area (Å²) in [4.78, 5) is 5.22. The van der Waals surface area contributed by atoms with Crippen LogP contribution in [0.3, 0.4) is 0 Å². The van der Waals surface area contributed by atoms with Crippen molar-refractivity contribution in [3.8, 4) is 0 Å². The summed E-state index contributed by atoms with van der Waals surface area (Å²) >= 11 is 0. The van der Waals surface area contributed by atoms with Gasteiger partial charge >= 0.3 is 0 Å². The summed E-state index contributed by atoms with van der Waals surface area (Å²) < 4.78 is 0. The van der Waals surface area contributed by atoms with Gasteiger partial charge in [0.2, 0.25) is 0 Å². The molecule has 0 radical (unpaired) electrons. The minimum Gasteiger partial charge on any atom is -0.315 e. The van der Waals surface area contributed by atoms with Gasteiger partial charge in [-0.1, -0.05) is 24.3 Å². The van der Waals surface area contributed by atoms with Crippen molar-refractivity contribution in [3.63, 3.8) is 0 Å². The second-order valence-corrected chi connectivity index (χ2v) is 5.74. The van der Waals surface area contributed by atoms with Crippen LogP contribution in [0.2, 0.25) is 0 Å². The van der Waals surface area contributed by atoms with Crippen molar-refractivity contribution in [2.45, 2.75) is 19.4 Å². The maximum Gasteiger partial charge on any atom is 0.0237 e. The SMILES string of the molecule is c1ccc2c(c1)CCN(CCN1CCCNCC1)C2. The molecule has 0 spiro atoms. The molecule has 104 valence electrons. The van der Waals surface area contributed by atoms with E-state index in [4.69, 9.17) is 0 Å². The Morgan fingerprint density at radius 3 is 2.68 bits per heavy atom. The quantitative estimate of drug-likeness (QED) is 0.884. The first-order chi connectivity index (χ1) is 9.42. The Labute approximate surface area is 116 Å². The summed E-state index contributed by atoms with van der Waals surface area (Å²) in [7, 11) is 0. The zero-order valence-corrected chi connectivity index (χ0v) is 11.8. The molecule has 19 heavy (non-hydrogen) atoms. The minimum atomic E-state index is 1.14. The summed E-state index contributed by atoms with van der Waals surface area (Å²) in [5.74, 6) is 0. The summed E-state index contributed by atoms with van der Waals surface area (Å²) in [6.07, 6.45) is 2.51. The molecule has 1 aromatic rings. The standard InChI is InChI=1S/C16H25N3/c1-2-5-16-14-19(10-6-15(16)4-1)13-12-18-9-3-7-17-8-11-18/h1-2,4-5,17H,3,6-14H2. The fourth-order valence-electron chi connectivity index (χ4n) is 3.15. The van der Waals surface area contributed by atoms with Crippen molar-refractivity contribution in [1.82, 2.24) is 15.1 Å². The lowest BCUT2D eigenvalue weighted by Gasteiger charge is -2.30. The Morgan fingerprint density at radius 1 is 0.895 bits per heavy atom. The third-order valence-electron chi connectivity index (χ3n) is 4.37. The van der Waals surface area contributed by atoms with Crippen molar-refractivity contribution in [3.05, 3.63) is 35.4 Å². The Balaban J connectivity index is 1.49. The van der Waals surface area contributed by atoms with Gasteiger partial charge < -0.3 is 10.2 Å². The highest BCUT2D eigenvalue weighted by molar-refractivity contribution is 5.28. The van der Waals surface area contributed by atoms with E-state index in [9.17, 15) is 0 Å². The van der Waals surface area contributed by atoms with Crippen molar-refractivity contribution in [2.75, 3.05) is 45.8 Å². The molecule has 1 aromatic carbocycles. The fourth-order valence-corrected chi connectivity index (χ4v) is 3.15. The van der Waals surface area contributed by atoms with Crippen LogP contribution in [0.15, 0.2) is 24.3 Å². The van der Waals surface area contributed by atoms with Gasteiger partial charge in [-0.25, -0.2) is 0 Å². The molecule has 0 aromatic heterocycles. The van der Waals surface area contributed by atoms with Crippen molar-refractivity contribution < 1.29 is 0 Å². The number of nitrogens with one attached hydrogen (secondary N) is 1. The molecule has 3 nitrogen and oxygen atoms in total. The van der Waals surface area contributed by atoms with Crippen LogP contribution in [0.5, 0.6) is 0 Å². The summed E-state index contributed by atoms with van der Waals surface area (Å²) in [5.41, 5.74) is 3.09. The van der Waals surface area contributed by atoms with E-state index in [-0.39, 0.29) is 0 Å². The molecule has 1 N–H and O–H groups in total. The zero-order valence-electron chi connectivity index (χ0n) is 11.8. The molecular formula is C16H25N3. The second-order valence-electron chi connectivity index (χ2n) is 5.74. The summed E-state index contributed by atoms with van der Waals surface area (Å²) in [6.45, 7) is 9.63. The predicted molar refractivity (Wildman–Crippen MR) is 79.3 cm³/mol. The Morgan fingerprint density at radius 2 is 1.74 bits per heavy atom. The monoisotopic (exact) mass is 259 g/mol. The van der Waals surface area contributed by atoms with Gasteiger partial charge in [0.05, 0.1) is 0 Å². The Bertz CT molecular complexity index is 397. The number of rotatable bonds is 3. The van der Waals surface area contributed by atoms with Crippen LogP contribution in [0.1, 0.15) is 17.5 Å². The number of benzene rings is 1. The maximum atomic E-state index is 3.47. The van der Waals surface area contributed by atoms with Gasteiger partial charge in [-0.05, 0) is 37.1 Å². The van der Waals surface area contributed by atoms with Crippen LogP contribution in [0.4, 0.5) is 0 Å². The first-order valence-electron chi connectivity index (χ1n) is 7.64. The van der Waals surface area contributed by atoms with Gasteiger partial charge in [0, 0.05) is 39.3 Å². The van der Waals surface area contributed by atoms with E-state index in [0.717, 1.165) is 13.1 Å². The van der Waals surface area contributed by atoms with Crippen molar-refractivity contribution in [1.29, 1.82) is 0 Å². The van der Waals surface area contributed by atoms with Crippen LogP contribution < -0.4 is 5.32 Å². The lowest BCUT2D eigenvalue weighted by atomic mass is 10.00. The molecular weight excluding hydrogens is 234 g/mol. The molecule has 2 heterocycles. The van der Waals surface area contributed by atoms with Crippen LogP contribution in [-0.4, -0.2) is 55.6 Å². The van der Waals surface area contributed by atoms with E-state index in [1.54, 1.807) is 5.56 Å². The predicted octanol–water partition coefficient (Wildman–Crippen LogP) is 1.34. The van der Waals surface area contributed by atoms with Crippen LogP contribution >= 0.6 is 0 Å². The van der Waals surface area contributed by atoms with Crippen LogP contribution in [0.25, 0.3) is 0 Å². The van der Waals surface area contributed by atoms with E-state index in [2.05, 4.69) is 39.4 Å². The Hall–Kier alpha value is -0.900. The number of hydrogen-bond acceptors (Lipinski definition) is 3. The van der Waals surface area contributed by atoms with Crippen LogP contribution in [0, 0.1) is 0 Å². The first-order valence-corrected chi connectivity index (χ1v) is 7.64. The Kier molecular flexibility index (Phi) is 4.49. The normalized spacial score (nSPS) is 21.9. The molecule has 0 unspecified atom stereocenters. The highest BCUT2D eigenvalue weighted by Crippen LogP contribution is 2.18. The van der Waals surface area contributed by atoms with Crippen molar-refractivity contribution in [2.24, 2.45) is 0 Å². The fraction of sp³-hybridized carbons (Fsp3) is 0.625. The molecule has 1 fully saturated rings. The number of nitrogens with zero attached hydrogens (tertiary/aromatic N) is 2. The average molecular weight is 259 g/mol. The molecule has 0 atom stereocenters. The van der Waals surface area contributed by atoms with E-state index >= 15 is 0 Å². The zero-order chi connectivity index (χ0) is 12.9. The highest BCUT2D eigenvalue weighted by Gasteiger charge is 2.16. The number of fused-ring (bicyclic) bond motifs is 1. The molecule has 2 aliphatic heterocycles. The van der Waals surface area contributed by atoms with Gasteiger partial charge in [-0.2, -0.15) is 0 Å². The number of hydrogen-bond donors (Lipinski definition) is 1. The molecule has 1 saturated heterocycles. The maximum absolute atomic E-state index is 3.47. The molecule has 2 aliphatic rings. The minimum absolute atomic E-state index is 1.14. The van der Waals surface area contributed by atoms with Crippen molar-refractivity contribution >= 4 is 0 Å². The molecule has 3 rings (SSSR count). The molecule has 0 amide bonds.